The average molecular weight is 290 g/mol. The number of amides is 3. The number of methoxy groups -OCH3 is 1. The molecule has 0 spiro atoms. The van der Waals surface area contributed by atoms with Crippen LogP contribution in [0.3, 0.4) is 0 Å². The zero-order valence-corrected chi connectivity index (χ0v) is 12.3. The number of benzene rings is 1. The molecule has 1 aromatic rings. The summed E-state index contributed by atoms with van der Waals surface area (Å²) in [5, 5.41) is 2.72. The molecule has 0 radical (unpaired) electrons. The highest BCUT2D eigenvalue weighted by molar-refractivity contribution is 6.09. The summed E-state index contributed by atoms with van der Waals surface area (Å²) in [7, 11) is 1.56. The Bertz CT molecular complexity index is 582. The number of carbonyl (C=O) groups is 3. The molecule has 1 aliphatic heterocycles. The van der Waals surface area contributed by atoms with Crippen molar-refractivity contribution in [2.24, 2.45) is 0 Å². The van der Waals surface area contributed by atoms with Crippen molar-refractivity contribution < 1.29 is 19.1 Å². The zero-order valence-electron chi connectivity index (χ0n) is 12.3. The van der Waals surface area contributed by atoms with E-state index in [1.54, 1.807) is 31.4 Å². The van der Waals surface area contributed by atoms with Gasteiger partial charge in [-0.2, -0.15) is 0 Å². The molecule has 112 valence electrons. The fraction of sp³-hybridized carbons (Fsp3) is 0.400. The standard InChI is InChI=1S/C15H18N2O4/c1-4-15(11-5-7-12(21-3)8-6-11)13(19)17(9-10(2)18)14(20)16-15/h5-8H,4,9H2,1-3H3,(H,16,20)/t15-/m1/s1. The first-order valence-corrected chi connectivity index (χ1v) is 6.72. The Morgan fingerprint density at radius 1 is 1.29 bits per heavy atom. The molecule has 1 N–H and O–H groups in total. The van der Waals surface area contributed by atoms with Crippen LogP contribution in [0.4, 0.5) is 4.79 Å². The van der Waals surface area contributed by atoms with Gasteiger partial charge in [0.25, 0.3) is 5.91 Å². The number of imide groups is 1. The zero-order chi connectivity index (χ0) is 15.6. The van der Waals surface area contributed by atoms with Gasteiger partial charge in [0.1, 0.15) is 17.1 Å². The second-order valence-electron chi connectivity index (χ2n) is 5.01. The number of nitrogens with zero attached hydrogens (tertiary/aromatic N) is 1. The summed E-state index contributed by atoms with van der Waals surface area (Å²) < 4.78 is 5.09. The van der Waals surface area contributed by atoms with E-state index in [0.29, 0.717) is 17.7 Å². The summed E-state index contributed by atoms with van der Waals surface area (Å²) in [6.07, 6.45) is 0.401. The van der Waals surface area contributed by atoms with Gasteiger partial charge in [-0.3, -0.25) is 14.5 Å². The number of urea groups is 1. The van der Waals surface area contributed by atoms with Crippen molar-refractivity contribution in [1.29, 1.82) is 0 Å². The highest BCUT2D eigenvalue weighted by atomic mass is 16.5. The third-order valence-corrected chi connectivity index (χ3v) is 3.67. The molecule has 0 aliphatic carbocycles. The van der Waals surface area contributed by atoms with Crippen LogP contribution in [0.25, 0.3) is 0 Å². The molecule has 0 unspecified atom stereocenters. The Kier molecular flexibility index (Phi) is 3.97. The molecular weight excluding hydrogens is 272 g/mol. The summed E-state index contributed by atoms with van der Waals surface area (Å²) in [5.41, 5.74) is -0.436. The van der Waals surface area contributed by atoms with Crippen LogP contribution < -0.4 is 10.1 Å². The van der Waals surface area contributed by atoms with Crippen molar-refractivity contribution in [3.05, 3.63) is 29.8 Å². The quantitative estimate of drug-likeness (QED) is 0.833. The van der Waals surface area contributed by atoms with Crippen molar-refractivity contribution in [2.75, 3.05) is 13.7 Å². The lowest BCUT2D eigenvalue weighted by atomic mass is 9.87. The Labute approximate surface area is 123 Å². The third-order valence-electron chi connectivity index (χ3n) is 3.67. The molecule has 1 aromatic carbocycles. The van der Waals surface area contributed by atoms with Crippen molar-refractivity contribution in [1.82, 2.24) is 10.2 Å². The maximum Gasteiger partial charge on any atom is 0.325 e. The summed E-state index contributed by atoms with van der Waals surface area (Å²) in [6.45, 7) is 2.96. The molecule has 1 saturated heterocycles. The highest BCUT2D eigenvalue weighted by Crippen LogP contribution is 2.33. The molecule has 1 aliphatic rings. The second-order valence-corrected chi connectivity index (χ2v) is 5.01. The van der Waals surface area contributed by atoms with Crippen LogP contribution >= 0.6 is 0 Å². The minimum Gasteiger partial charge on any atom is -0.497 e. The number of nitrogens with one attached hydrogen (secondary N) is 1. The molecule has 1 fully saturated rings. The molecule has 3 amide bonds. The predicted molar refractivity (Wildman–Crippen MR) is 75.9 cm³/mol. The largest absolute Gasteiger partial charge is 0.497 e. The monoisotopic (exact) mass is 290 g/mol. The minimum atomic E-state index is -1.11. The molecule has 0 aromatic heterocycles. The molecule has 6 heteroatoms. The normalized spacial score (nSPS) is 21.4. The molecule has 1 heterocycles. The predicted octanol–water partition coefficient (Wildman–Crippen LogP) is 1.44. The number of rotatable bonds is 5. The van der Waals surface area contributed by atoms with E-state index in [2.05, 4.69) is 5.32 Å². The Hall–Kier alpha value is -2.37. The van der Waals surface area contributed by atoms with Gasteiger partial charge in [-0.15, -0.1) is 0 Å². The number of ketones is 1. The topological polar surface area (TPSA) is 75.7 Å². The van der Waals surface area contributed by atoms with Gasteiger partial charge in [-0.1, -0.05) is 19.1 Å². The van der Waals surface area contributed by atoms with Crippen molar-refractivity contribution in [2.45, 2.75) is 25.8 Å². The van der Waals surface area contributed by atoms with Crippen LogP contribution in [-0.2, 0) is 15.1 Å². The van der Waals surface area contributed by atoms with Crippen LogP contribution in [0.2, 0.25) is 0 Å². The summed E-state index contributed by atoms with van der Waals surface area (Å²) in [5.74, 6) is 0.0397. The van der Waals surface area contributed by atoms with Crippen LogP contribution in [-0.4, -0.2) is 36.3 Å². The minimum absolute atomic E-state index is 0.206. The van der Waals surface area contributed by atoms with Gasteiger partial charge in [0.05, 0.1) is 13.7 Å². The van der Waals surface area contributed by atoms with Crippen LogP contribution in [0.1, 0.15) is 25.8 Å². The average Bonchev–Trinajstić information content (AvgIpc) is 2.72. The third kappa shape index (κ3) is 2.49. The molecular formula is C15H18N2O4. The van der Waals surface area contributed by atoms with Gasteiger partial charge < -0.3 is 10.1 Å². The first-order chi connectivity index (χ1) is 9.94. The lowest BCUT2D eigenvalue weighted by Gasteiger charge is -2.25. The lowest BCUT2D eigenvalue weighted by molar-refractivity contribution is -0.134. The fourth-order valence-corrected chi connectivity index (χ4v) is 2.51. The number of hydrogen-bond donors (Lipinski definition) is 1. The number of hydrogen-bond acceptors (Lipinski definition) is 4. The lowest BCUT2D eigenvalue weighted by Crippen LogP contribution is -2.43. The molecule has 0 saturated carbocycles. The second kappa shape index (κ2) is 5.55. The van der Waals surface area contributed by atoms with E-state index in [9.17, 15) is 14.4 Å². The van der Waals surface area contributed by atoms with Crippen molar-refractivity contribution in [3.8, 4) is 5.75 Å². The van der Waals surface area contributed by atoms with Gasteiger partial charge in [0, 0.05) is 0 Å². The maximum atomic E-state index is 12.6. The number of carbonyl (C=O) groups excluding carboxylic acids is 3. The summed E-state index contributed by atoms with van der Waals surface area (Å²) in [6, 6.07) is 6.43. The maximum absolute atomic E-state index is 12.6. The summed E-state index contributed by atoms with van der Waals surface area (Å²) >= 11 is 0. The van der Waals surface area contributed by atoms with Crippen LogP contribution in [0.5, 0.6) is 5.75 Å². The van der Waals surface area contributed by atoms with E-state index >= 15 is 0 Å². The fourth-order valence-electron chi connectivity index (χ4n) is 2.51. The van der Waals surface area contributed by atoms with E-state index in [4.69, 9.17) is 4.74 Å². The van der Waals surface area contributed by atoms with E-state index in [1.807, 2.05) is 6.92 Å². The van der Waals surface area contributed by atoms with E-state index in [1.165, 1.54) is 6.92 Å². The van der Waals surface area contributed by atoms with Gasteiger partial charge in [-0.05, 0) is 31.0 Å². The SMILES string of the molecule is CC[C@]1(c2ccc(OC)cc2)NC(=O)N(CC(C)=O)C1=O. The molecule has 2 rings (SSSR count). The van der Waals surface area contributed by atoms with Crippen LogP contribution in [0.15, 0.2) is 24.3 Å². The van der Waals surface area contributed by atoms with Gasteiger partial charge in [-0.25, -0.2) is 4.79 Å². The highest BCUT2D eigenvalue weighted by Gasteiger charge is 2.51. The van der Waals surface area contributed by atoms with E-state index in [-0.39, 0.29) is 12.3 Å². The Morgan fingerprint density at radius 3 is 2.38 bits per heavy atom. The molecule has 21 heavy (non-hydrogen) atoms. The Morgan fingerprint density at radius 2 is 1.90 bits per heavy atom. The van der Waals surface area contributed by atoms with E-state index < -0.39 is 17.5 Å². The molecule has 0 bridgehead atoms. The van der Waals surface area contributed by atoms with Crippen LogP contribution in [0, 0.1) is 0 Å². The summed E-state index contributed by atoms with van der Waals surface area (Å²) in [4.78, 5) is 36.8. The van der Waals surface area contributed by atoms with Crippen molar-refractivity contribution >= 4 is 17.7 Å². The van der Waals surface area contributed by atoms with Gasteiger partial charge in [0.15, 0.2) is 0 Å². The van der Waals surface area contributed by atoms with Gasteiger partial charge in [0.2, 0.25) is 0 Å². The Balaban J connectivity index is 2.39. The number of ether oxygens (including phenoxy) is 1. The number of Topliss-reactive ketones (excluding diaryl/α,β-unsaturated/α-hetero) is 1. The first-order valence-electron chi connectivity index (χ1n) is 6.72. The smallest absolute Gasteiger partial charge is 0.325 e. The molecule has 6 nitrogen and oxygen atoms in total. The van der Waals surface area contributed by atoms with Gasteiger partial charge >= 0.3 is 6.03 Å². The molecule has 1 atom stereocenters. The van der Waals surface area contributed by atoms with Crippen molar-refractivity contribution in [3.63, 3.8) is 0 Å². The van der Waals surface area contributed by atoms with E-state index in [0.717, 1.165) is 4.90 Å². The first kappa shape index (κ1) is 15.0.